The second-order valence-corrected chi connectivity index (χ2v) is 6.55. The fourth-order valence-corrected chi connectivity index (χ4v) is 2.97. The minimum absolute atomic E-state index is 0.0988. The van der Waals surface area contributed by atoms with E-state index in [1.807, 2.05) is 41.3 Å². The molecule has 22 heavy (non-hydrogen) atoms. The van der Waals surface area contributed by atoms with Crippen molar-refractivity contribution in [3.63, 3.8) is 0 Å². The van der Waals surface area contributed by atoms with Gasteiger partial charge in [0.2, 0.25) is 0 Å². The largest absolute Gasteiger partial charge is 0.508 e. The van der Waals surface area contributed by atoms with Crippen molar-refractivity contribution in [3.8, 4) is 5.75 Å². The van der Waals surface area contributed by atoms with Crippen molar-refractivity contribution in [2.45, 2.75) is 0 Å². The molecule has 1 heterocycles. The molecule has 0 saturated carbocycles. The Kier molecular flexibility index (Phi) is 4.52. The second kappa shape index (κ2) is 6.56. The summed E-state index contributed by atoms with van der Waals surface area (Å²) >= 11 is 2.24. The van der Waals surface area contributed by atoms with E-state index in [9.17, 15) is 9.90 Å². The third-order valence-electron chi connectivity index (χ3n) is 3.87. The van der Waals surface area contributed by atoms with Gasteiger partial charge in [0.25, 0.3) is 5.91 Å². The van der Waals surface area contributed by atoms with E-state index in [-0.39, 0.29) is 11.7 Å². The monoisotopic (exact) mass is 408 g/mol. The number of phenols is 1. The number of amides is 1. The van der Waals surface area contributed by atoms with Gasteiger partial charge < -0.3 is 14.9 Å². The molecule has 1 fully saturated rings. The van der Waals surface area contributed by atoms with Gasteiger partial charge in [0.1, 0.15) is 5.75 Å². The van der Waals surface area contributed by atoms with Crippen LogP contribution in [0.25, 0.3) is 0 Å². The lowest BCUT2D eigenvalue weighted by Crippen LogP contribution is -2.48. The van der Waals surface area contributed by atoms with E-state index in [0.29, 0.717) is 13.1 Å². The Morgan fingerprint density at radius 3 is 2.09 bits per heavy atom. The van der Waals surface area contributed by atoms with Crippen molar-refractivity contribution in [2.75, 3.05) is 31.1 Å². The van der Waals surface area contributed by atoms with Gasteiger partial charge in [-0.25, -0.2) is 0 Å². The van der Waals surface area contributed by atoms with Gasteiger partial charge in [-0.2, -0.15) is 0 Å². The van der Waals surface area contributed by atoms with Crippen molar-refractivity contribution >= 4 is 34.2 Å². The predicted octanol–water partition coefficient (Wildman–Crippen LogP) is 2.96. The maximum Gasteiger partial charge on any atom is 0.253 e. The lowest BCUT2D eigenvalue weighted by molar-refractivity contribution is 0.0747. The first-order valence-electron chi connectivity index (χ1n) is 7.22. The van der Waals surface area contributed by atoms with E-state index in [2.05, 4.69) is 27.5 Å². The van der Waals surface area contributed by atoms with Gasteiger partial charge in [0, 0.05) is 41.0 Å². The minimum Gasteiger partial charge on any atom is -0.508 e. The molecule has 0 unspecified atom stereocenters. The Bertz CT molecular complexity index is 647. The number of nitrogens with zero attached hydrogens (tertiary/aromatic N) is 2. The maximum absolute atomic E-state index is 12.5. The number of benzene rings is 2. The van der Waals surface area contributed by atoms with Crippen molar-refractivity contribution in [3.05, 3.63) is 57.7 Å². The van der Waals surface area contributed by atoms with Crippen LogP contribution in [0.1, 0.15) is 10.4 Å². The number of carbonyl (C=O) groups is 1. The Balaban J connectivity index is 1.62. The standard InChI is InChI=1S/C17H17IN2O2/c18-14-3-1-13(2-4-14)17(22)20-11-9-19(10-12-20)15-5-7-16(21)8-6-15/h1-8,21H,9-12H2. The third kappa shape index (κ3) is 3.35. The van der Waals surface area contributed by atoms with Crippen LogP contribution in [-0.2, 0) is 0 Å². The summed E-state index contributed by atoms with van der Waals surface area (Å²) < 4.78 is 1.13. The van der Waals surface area contributed by atoms with Crippen molar-refractivity contribution in [1.29, 1.82) is 0 Å². The third-order valence-corrected chi connectivity index (χ3v) is 4.59. The molecule has 0 radical (unpaired) electrons. The number of aromatic hydroxyl groups is 1. The summed E-state index contributed by atoms with van der Waals surface area (Å²) in [4.78, 5) is 16.6. The molecule has 0 atom stereocenters. The number of halogens is 1. The summed E-state index contributed by atoms with van der Waals surface area (Å²) in [5, 5.41) is 9.34. The highest BCUT2D eigenvalue weighted by molar-refractivity contribution is 14.1. The van der Waals surface area contributed by atoms with Crippen molar-refractivity contribution in [1.82, 2.24) is 4.90 Å². The molecule has 1 aliphatic rings. The number of carbonyl (C=O) groups excluding carboxylic acids is 1. The SMILES string of the molecule is O=C(c1ccc(I)cc1)N1CCN(c2ccc(O)cc2)CC1. The summed E-state index contributed by atoms with van der Waals surface area (Å²) in [7, 11) is 0. The highest BCUT2D eigenvalue weighted by atomic mass is 127. The highest BCUT2D eigenvalue weighted by Crippen LogP contribution is 2.20. The first kappa shape index (κ1) is 15.1. The van der Waals surface area contributed by atoms with Gasteiger partial charge in [-0.3, -0.25) is 4.79 Å². The summed E-state index contributed by atoms with van der Waals surface area (Å²) in [5.41, 5.74) is 1.83. The molecule has 1 amide bonds. The van der Waals surface area contributed by atoms with Gasteiger partial charge in [-0.15, -0.1) is 0 Å². The van der Waals surface area contributed by atoms with E-state index < -0.39 is 0 Å². The van der Waals surface area contributed by atoms with Crippen molar-refractivity contribution in [2.24, 2.45) is 0 Å². The lowest BCUT2D eigenvalue weighted by atomic mass is 10.1. The molecular formula is C17H17IN2O2. The average molecular weight is 408 g/mol. The average Bonchev–Trinajstić information content (AvgIpc) is 2.56. The van der Waals surface area contributed by atoms with E-state index in [0.717, 1.165) is 27.9 Å². The number of anilines is 1. The molecule has 0 spiro atoms. The summed E-state index contributed by atoms with van der Waals surface area (Å²) in [6.07, 6.45) is 0. The highest BCUT2D eigenvalue weighted by Gasteiger charge is 2.22. The topological polar surface area (TPSA) is 43.8 Å². The van der Waals surface area contributed by atoms with Crippen LogP contribution in [0.15, 0.2) is 48.5 Å². The zero-order chi connectivity index (χ0) is 15.5. The molecule has 0 aromatic heterocycles. The fraction of sp³-hybridized carbons (Fsp3) is 0.235. The summed E-state index contributed by atoms with van der Waals surface area (Å²) in [6.45, 7) is 3.04. The molecule has 0 aliphatic carbocycles. The molecule has 1 N–H and O–H groups in total. The Morgan fingerprint density at radius 2 is 1.50 bits per heavy atom. The minimum atomic E-state index is 0.0988. The maximum atomic E-state index is 12.5. The second-order valence-electron chi connectivity index (χ2n) is 5.30. The Morgan fingerprint density at radius 1 is 0.909 bits per heavy atom. The van der Waals surface area contributed by atoms with Crippen LogP contribution in [0.2, 0.25) is 0 Å². The van der Waals surface area contributed by atoms with Gasteiger partial charge in [0.15, 0.2) is 0 Å². The van der Waals surface area contributed by atoms with Crippen LogP contribution in [0.4, 0.5) is 5.69 Å². The first-order chi connectivity index (χ1) is 10.6. The van der Waals surface area contributed by atoms with Crippen LogP contribution in [0.5, 0.6) is 5.75 Å². The summed E-state index contributed by atoms with van der Waals surface area (Å²) in [5.74, 6) is 0.373. The Labute approximate surface area is 143 Å². The van der Waals surface area contributed by atoms with Gasteiger partial charge >= 0.3 is 0 Å². The quantitative estimate of drug-likeness (QED) is 0.778. The Hall–Kier alpha value is -1.76. The molecule has 3 rings (SSSR count). The molecule has 114 valence electrons. The number of hydrogen-bond acceptors (Lipinski definition) is 3. The van der Waals surface area contributed by atoms with Gasteiger partial charge in [-0.1, -0.05) is 0 Å². The van der Waals surface area contributed by atoms with Gasteiger partial charge in [-0.05, 0) is 71.1 Å². The van der Waals surface area contributed by atoms with Gasteiger partial charge in [0.05, 0.1) is 0 Å². The smallest absolute Gasteiger partial charge is 0.253 e. The number of hydrogen-bond donors (Lipinski definition) is 1. The molecule has 2 aromatic rings. The van der Waals surface area contributed by atoms with Crippen molar-refractivity contribution < 1.29 is 9.90 Å². The predicted molar refractivity (Wildman–Crippen MR) is 95.4 cm³/mol. The van der Waals surface area contributed by atoms with Crippen LogP contribution < -0.4 is 4.90 Å². The van der Waals surface area contributed by atoms with Crippen LogP contribution in [-0.4, -0.2) is 42.1 Å². The molecule has 2 aromatic carbocycles. The lowest BCUT2D eigenvalue weighted by Gasteiger charge is -2.36. The number of piperazine rings is 1. The van der Waals surface area contributed by atoms with E-state index in [1.165, 1.54) is 0 Å². The molecule has 4 nitrogen and oxygen atoms in total. The molecule has 1 aliphatic heterocycles. The van der Waals surface area contributed by atoms with Crippen LogP contribution in [0.3, 0.4) is 0 Å². The molecule has 0 bridgehead atoms. The molecule has 5 heteroatoms. The normalized spacial score (nSPS) is 15.0. The molecular weight excluding hydrogens is 391 g/mol. The van der Waals surface area contributed by atoms with Crippen LogP contribution in [0, 0.1) is 3.57 Å². The summed E-state index contributed by atoms with van der Waals surface area (Å²) in [6, 6.07) is 14.9. The zero-order valence-corrected chi connectivity index (χ0v) is 14.2. The molecule has 1 saturated heterocycles. The van der Waals surface area contributed by atoms with E-state index in [4.69, 9.17) is 0 Å². The number of phenolic OH excluding ortho intramolecular Hbond substituents is 1. The fourth-order valence-electron chi connectivity index (χ4n) is 2.61. The first-order valence-corrected chi connectivity index (χ1v) is 8.30. The number of rotatable bonds is 2. The van der Waals surface area contributed by atoms with E-state index in [1.54, 1.807) is 12.1 Å². The van der Waals surface area contributed by atoms with Crippen LogP contribution >= 0.6 is 22.6 Å². The zero-order valence-electron chi connectivity index (χ0n) is 12.1. The van der Waals surface area contributed by atoms with E-state index >= 15 is 0 Å².